The van der Waals surface area contributed by atoms with Crippen molar-refractivity contribution in [3.8, 4) is 0 Å². The van der Waals surface area contributed by atoms with Crippen molar-refractivity contribution in [1.29, 1.82) is 0 Å². The van der Waals surface area contributed by atoms with Gasteiger partial charge in [-0.05, 0) is 30.9 Å². The van der Waals surface area contributed by atoms with Crippen LogP contribution in [0.5, 0.6) is 0 Å². The molecule has 6 heteroatoms. The summed E-state index contributed by atoms with van der Waals surface area (Å²) in [6.07, 6.45) is 0.502. The summed E-state index contributed by atoms with van der Waals surface area (Å²) < 4.78 is 0. The van der Waals surface area contributed by atoms with Crippen molar-refractivity contribution in [2.45, 2.75) is 25.8 Å². The van der Waals surface area contributed by atoms with E-state index in [9.17, 15) is 4.79 Å². The lowest BCUT2D eigenvalue weighted by Crippen LogP contribution is -2.31. The van der Waals surface area contributed by atoms with Crippen LogP contribution in [0.15, 0.2) is 29.4 Å². The number of hydrogen-bond donors (Lipinski definition) is 2. The molecule has 0 bridgehead atoms. The number of nitrogens with zero attached hydrogens (tertiary/aromatic N) is 3. The number of carbonyl (C=O) groups is 1. The molecule has 0 saturated heterocycles. The lowest BCUT2D eigenvalue weighted by molar-refractivity contribution is 0.190. The number of rotatable bonds is 5. The number of carboxylic acid groups (broad SMARTS) is 1. The minimum absolute atomic E-state index is 0.0793. The van der Waals surface area contributed by atoms with Crippen molar-refractivity contribution >= 4 is 11.8 Å². The fourth-order valence-corrected chi connectivity index (χ4v) is 1.45. The Labute approximate surface area is 98.9 Å². The Morgan fingerprint density at radius 3 is 2.71 bits per heavy atom. The predicted molar refractivity (Wildman–Crippen MR) is 64.2 cm³/mol. The SMILES string of the molecule is CC(CCc1ccc(N=[N+]=[N-])cc1)NC(=O)O. The van der Waals surface area contributed by atoms with Gasteiger partial charge in [0.1, 0.15) is 0 Å². The molecule has 0 heterocycles. The number of aryl methyl sites for hydroxylation is 1. The molecule has 2 N–H and O–H groups in total. The quantitative estimate of drug-likeness (QED) is 0.464. The minimum Gasteiger partial charge on any atom is -0.465 e. The minimum atomic E-state index is -1.00. The molecule has 0 aliphatic heterocycles. The Bertz CT molecular complexity index is 424. The van der Waals surface area contributed by atoms with Crippen LogP contribution in [-0.4, -0.2) is 17.2 Å². The van der Waals surface area contributed by atoms with Gasteiger partial charge in [0.15, 0.2) is 0 Å². The van der Waals surface area contributed by atoms with Gasteiger partial charge in [0.25, 0.3) is 0 Å². The molecule has 1 rings (SSSR count). The summed E-state index contributed by atoms with van der Waals surface area (Å²) in [5.74, 6) is 0. The van der Waals surface area contributed by atoms with E-state index in [-0.39, 0.29) is 6.04 Å². The highest BCUT2D eigenvalue weighted by molar-refractivity contribution is 5.64. The topological polar surface area (TPSA) is 98.1 Å². The van der Waals surface area contributed by atoms with Crippen molar-refractivity contribution in [3.63, 3.8) is 0 Å². The van der Waals surface area contributed by atoms with E-state index >= 15 is 0 Å². The fourth-order valence-electron chi connectivity index (χ4n) is 1.45. The van der Waals surface area contributed by atoms with E-state index in [4.69, 9.17) is 10.6 Å². The molecule has 0 fully saturated rings. The second-order valence-electron chi connectivity index (χ2n) is 3.75. The fraction of sp³-hybridized carbons (Fsp3) is 0.364. The van der Waals surface area contributed by atoms with Gasteiger partial charge in [0.2, 0.25) is 0 Å². The second-order valence-corrected chi connectivity index (χ2v) is 3.75. The molecule has 90 valence electrons. The maximum atomic E-state index is 10.4. The molecule has 1 unspecified atom stereocenters. The lowest BCUT2D eigenvalue weighted by Gasteiger charge is -2.10. The molecule has 1 aromatic rings. The van der Waals surface area contributed by atoms with Crippen LogP contribution in [-0.2, 0) is 6.42 Å². The summed E-state index contributed by atoms with van der Waals surface area (Å²) in [4.78, 5) is 13.1. The molecular weight excluding hydrogens is 220 g/mol. The monoisotopic (exact) mass is 234 g/mol. The van der Waals surface area contributed by atoms with Crippen molar-refractivity contribution in [3.05, 3.63) is 40.3 Å². The molecule has 0 aliphatic carbocycles. The zero-order chi connectivity index (χ0) is 12.7. The molecule has 6 nitrogen and oxygen atoms in total. The Hall–Kier alpha value is -2.20. The van der Waals surface area contributed by atoms with Crippen molar-refractivity contribution in [1.82, 2.24) is 5.32 Å². The third-order valence-electron chi connectivity index (χ3n) is 2.33. The van der Waals surface area contributed by atoms with Gasteiger partial charge in [-0.1, -0.05) is 29.4 Å². The summed E-state index contributed by atoms with van der Waals surface area (Å²) >= 11 is 0. The summed E-state index contributed by atoms with van der Waals surface area (Å²) in [6, 6.07) is 7.15. The van der Waals surface area contributed by atoms with Crippen molar-refractivity contribution in [2.24, 2.45) is 5.11 Å². The molecule has 1 amide bonds. The number of nitrogens with one attached hydrogen (secondary N) is 1. The van der Waals surface area contributed by atoms with Crippen LogP contribution < -0.4 is 5.32 Å². The number of hydrogen-bond acceptors (Lipinski definition) is 2. The number of benzene rings is 1. The molecule has 0 saturated carbocycles. The number of azide groups is 1. The normalized spacial score (nSPS) is 11.4. The molecule has 1 atom stereocenters. The van der Waals surface area contributed by atoms with Crippen molar-refractivity contribution < 1.29 is 9.90 Å². The van der Waals surface area contributed by atoms with Gasteiger partial charge in [-0.25, -0.2) is 4.79 Å². The van der Waals surface area contributed by atoms with Crippen LogP contribution in [0.3, 0.4) is 0 Å². The molecule has 17 heavy (non-hydrogen) atoms. The van der Waals surface area contributed by atoms with Gasteiger partial charge >= 0.3 is 6.09 Å². The molecular formula is C11H14N4O2. The van der Waals surface area contributed by atoms with E-state index in [2.05, 4.69) is 15.3 Å². The van der Waals surface area contributed by atoms with Crippen LogP contribution >= 0.6 is 0 Å². The molecule has 0 radical (unpaired) electrons. The zero-order valence-corrected chi connectivity index (χ0v) is 9.50. The first-order valence-corrected chi connectivity index (χ1v) is 5.25. The first-order chi connectivity index (χ1) is 8.11. The van der Waals surface area contributed by atoms with Gasteiger partial charge in [0, 0.05) is 16.6 Å². The van der Waals surface area contributed by atoms with E-state index < -0.39 is 6.09 Å². The maximum absolute atomic E-state index is 10.4. The molecule has 0 aliphatic rings. The Morgan fingerprint density at radius 1 is 1.53 bits per heavy atom. The van der Waals surface area contributed by atoms with E-state index in [1.165, 1.54) is 0 Å². The van der Waals surface area contributed by atoms with Crippen LogP contribution in [0.2, 0.25) is 0 Å². The summed E-state index contributed by atoms with van der Waals surface area (Å²) in [5, 5.41) is 14.4. The van der Waals surface area contributed by atoms with Crippen LogP contribution in [0, 0.1) is 0 Å². The lowest BCUT2D eigenvalue weighted by atomic mass is 10.1. The highest BCUT2D eigenvalue weighted by Crippen LogP contribution is 2.14. The third kappa shape index (κ3) is 4.90. The van der Waals surface area contributed by atoms with E-state index in [0.717, 1.165) is 18.4 Å². The summed E-state index contributed by atoms with van der Waals surface area (Å²) in [5.41, 5.74) is 9.90. The van der Waals surface area contributed by atoms with Gasteiger partial charge in [-0.15, -0.1) is 0 Å². The highest BCUT2D eigenvalue weighted by Gasteiger charge is 2.05. The average Bonchev–Trinajstić information content (AvgIpc) is 2.28. The first-order valence-electron chi connectivity index (χ1n) is 5.25. The molecule has 1 aromatic carbocycles. The van der Waals surface area contributed by atoms with Gasteiger partial charge in [-0.2, -0.15) is 0 Å². The van der Waals surface area contributed by atoms with Crippen molar-refractivity contribution in [2.75, 3.05) is 0 Å². The Morgan fingerprint density at radius 2 is 2.18 bits per heavy atom. The summed E-state index contributed by atoms with van der Waals surface area (Å²) in [7, 11) is 0. The number of amides is 1. The highest BCUT2D eigenvalue weighted by atomic mass is 16.4. The van der Waals surface area contributed by atoms with Gasteiger partial charge < -0.3 is 10.4 Å². The van der Waals surface area contributed by atoms with Crippen LogP contribution in [0.4, 0.5) is 10.5 Å². The third-order valence-corrected chi connectivity index (χ3v) is 2.33. The van der Waals surface area contributed by atoms with E-state index in [1.807, 2.05) is 19.1 Å². The predicted octanol–water partition coefficient (Wildman–Crippen LogP) is 3.22. The van der Waals surface area contributed by atoms with Crippen LogP contribution in [0.25, 0.3) is 10.4 Å². The second kappa shape index (κ2) is 6.40. The Balaban J connectivity index is 2.46. The Kier molecular flexibility index (Phi) is 4.84. The van der Waals surface area contributed by atoms with Gasteiger partial charge in [-0.3, -0.25) is 0 Å². The molecule has 0 aromatic heterocycles. The van der Waals surface area contributed by atoms with E-state index in [0.29, 0.717) is 5.69 Å². The maximum Gasteiger partial charge on any atom is 0.404 e. The summed E-state index contributed by atoms with van der Waals surface area (Å²) in [6.45, 7) is 1.82. The molecule has 0 spiro atoms. The zero-order valence-electron chi connectivity index (χ0n) is 9.50. The average molecular weight is 234 g/mol. The first kappa shape index (κ1) is 12.9. The largest absolute Gasteiger partial charge is 0.465 e. The van der Waals surface area contributed by atoms with E-state index in [1.54, 1.807) is 12.1 Å². The van der Waals surface area contributed by atoms with Gasteiger partial charge in [0.05, 0.1) is 0 Å². The van der Waals surface area contributed by atoms with Crippen LogP contribution in [0.1, 0.15) is 18.9 Å². The standard InChI is InChI=1S/C11H14N4O2/c1-8(13-11(16)17)2-3-9-4-6-10(7-5-9)14-15-12/h4-8,13H,2-3H2,1H3,(H,16,17). The smallest absolute Gasteiger partial charge is 0.404 e.